The van der Waals surface area contributed by atoms with Crippen molar-refractivity contribution in [3.63, 3.8) is 0 Å². The van der Waals surface area contributed by atoms with Crippen LogP contribution >= 0.6 is 0 Å². The van der Waals surface area contributed by atoms with Gasteiger partial charge in [0, 0.05) is 12.6 Å². The van der Waals surface area contributed by atoms with Crippen molar-refractivity contribution in [3.8, 4) is 11.5 Å². The van der Waals surface area contributed by atoms with Gasteiger partial charge in [-0.25, -0.2) is 0 Å². The van der Waals surface area contributed by atoms with Crippen LogP contribution in [0.15, 0.2) is 48.5 Å². The van der Waals surface area contributed by atoms with E-state index < -0.39 is 0 Å². The number of ether oxygens (including phenoxy) is 2. The summed E-state index contributed by atoms with van der Waals surface area (Å²) in [4.78, 5) is 0. The second-order valence-electron chi connectivity index (χ2n) is 6.48. The summed E-state index contributed by atoms with van der Waals surface area (Å²) < 4.78 is 11.4. The van der Waals surface area contributed by atoms with Crippen LogP contribution in [0.25, 0.3) is 0 Å². The number of methoxy groups -OCH3 is 1. The van der Waals surface area contributed by atoms with Gasteiger partial charge in [0.25, 0.3) is 0 Å². The van der Waals surface area contributed by atoms with E-state index in [-0.39, 0.29) is 0 Å². The van der Waals surface area contributed by atoms with Gasteiger partial charge < -0.3 is 14.8 Å². The molecule has 2 aromatic carbocycles. The first-order chi connectivity index (χ1) is 11.8. The highest BCUT2D eigenvalue weighted by atomic mass is 16.5. The molecule has 1 N–H and O–H groups in total. The normalized spacial score (nSPS) is 15.2. The average molecular weight is 325 g/mol. The summed E-state index contributed by atoms with van der Waals surface area (Å²) in [7, 11) is 1.69. The molecular formula is C21H27NO2. The first-order valence-electron chi connectivity index (χ1n) is 8.92. The van der Waals surface area contributed by atoms with Crippen LogP contribution in [0.2, 0.25) is 0 Å². The molecule has 128 valence electrons. The molecule has 3 heteroatoms. The molecule has 0 radical (unpaired) electrons. The minimum Gasteiger partial charge on any atom is -0.493 e. The fourth-order valence-corrected chi connectivity index (χ4v) is 3.25. The van der Waals surface area contributed by atoms with E-state index in [0.29, 0.717) is 12.6 Å². The number of nitrogens with one attached hydrogen (secondary N) is 1. The lowest BCUT2D eigenvalue weighted by Gasteiger charge is -2.23. The molecule has 24 heavy (non-hydrogen) atoms. The molecule has 1 aliphatic carbocycles. The molecule has 0 aliphatic heterocycles. The summed E-state index contributed by atoms with van der Waals surface area (Å²) in [5, 5.41) is 3.68. The van der Waals surface area contributed by atoms with Crippen molar-refractivity contribution in [1.82, 2.24) is 5.32 Å². The molecular weight excluding hydrogens is 298 g/mol. The van der Waals surface area contributed by atoms with Gasteiger partial charge in [0.05, 0.1) is 7.11 Å². The zero-order chi connectivity index (χ0) is 16.6. The lowest BCUT2D eigenvalue weighted by atomic mass is 9.95. The third kappa shape index (κ3) is 4.75. The van der Waals surface area contributed by atoms with Crippen molar-refractivity contribution in [1.29, 1.82) is 0 Å². The van der Waals surface area contributed by atoms with E-state index in [1.165, 1.54) is 37.7 Å². The van der Waals surface area contributed by atoms with Crippen molar-refractivity contribution in [2.75, 3.05) is 7.11 Å². The van der Waals surface area contributed by atoms with Gasteiger partial charge in [-0.3, -0.25) is 0 Å². The Kier molecular flexibility index (Phi) is 6.13. The van der Waals surface area contributed by atoms with E-state index in [4.69, 9.17) is 9.47 Å². The molecule has 0 amide bonds. The highest BCUT2D eigenvalue weighted by Crippen LogP contribution is 2.29. The molecule has 0 heterocycles. The van der Waals surface area contributed by atoms with Crippen LogP contribution in [-0.4, -0.2) is 13.2 Å². The monoisotopic (exact) mass is 325 g/mol. The fraction of sp³-hybridized carbons (Fsp3) is 0.429. The predicted molar refractivity (Wildman–Crippen MR) is 97.5 cm³/mol. The minimum absolute atomic E-state index is 0.552. The Hall–Kier alpha value is -2.00. The molecule has 1 fully saturated rings. The highest BCUT2D eigenvalue weighted by molar-refractivity contribution is 5.43. The van der Waals surface area contributed by atoms with Crippen LogP contribution in [0.1, 0.15) is 43.2 Å². The largest absolute Gasteiger partial charge is 0.493 e. The maximum Gasteiger partial charge on any atom is 0.161 e. The SMILES string of the molecule is COc1ccc(CNC2CCCCC2)cc1OCc1ccccc1. The topological polar surface area (TPSA) is 30.5 Å². The van der Waals surface area contributed by atoms with Gasteiger partial charge in [-0.2, -0.15) is 0 Å². The van der Waals surface area contributed by atoms with Gasteiger partial charge in [0.1, 0.15) is 6.61 Å². The van der Waals surface area contributed by atoms with Crippen molar-refractivity contribution in [2.24, 2.45) is 0 Å². The number of hydrogen-bond acceptors (Lipinski definition) is 3. The van der Waals surface area contributed by atoms with Gasteiger partial charge in [-0.05, 0) is 36.1 Å². The predicted octanol–water partition coefficient (Wildman–Crippen LogP) is 4.70. The maximum absolute atomic E-state index is 5.99. The van der Waals surface area contributed by atoms with Crippen LogP contribution < -0.4 is 14.8 Å². The van der Waals surface area contributed by atoms with Crippen LogP contribution in [0.5, 0.6) is 11.5 Å². The minimum atomic E-state index is 0.552. The van der Waals surface area contributed by atoms with Crippen molar-refractivity contribution in [2.45, 2.75) is 51.3 Å². The van der Waals surface area contributed by atoms with Crippen molar-refractivity contribution >= 4 is 0 Å². The Morgan fingerprint density at radius 2 is 1.71 bits per heavy atom. The molecule has 3 nitrogen and oxygen atoms in total. The van der Waals surface area contributed by atoms with Crippen molar-refractivity contribution < 1.29 is 9.47 Å². The second kappa shape index (κ2) is 8.74. The summed E-state index contributed by atoms with van der Waals surface area (Å²) in [6, 6.07) is 17.1. The molecule has 1 saturated carbocycles. The van der Waals surface area contributed by atoms with E-state index in [1.54, 1.807) is 7.11 Å². The Labute approximate surface area is 145 Å². The second-order valence-corrected chi connectivity index (χ2v) is 6.48. The van der Waals surface area contributed by atoms with Gasteiger partial charge in [-0.1, -0.05) is 55.7 Å². The maximum atomic E-state index is 5.99. The lowest BCUT2D eigenvalue weighted by Crippen LogP contribution is -2.30. The summed E-state index contributed by atoms with van der Waals surface area (Å²) in [5.41, 5.74) is 2.40. The first kappa shape index (κ1) is 16.8. The first-order valence-corrected chi connectivity index (χ1v) is 8.92. The van der Waals surface area contributed by atoms with Crippen LogP contribution in [-0.2, 0) is 13.2 Å². The average Bonchev–Trinajstić information content (AvgIpc) is 2.66. The summed E-state index contributed by atoms with van der Waals surface area (Å²) in [5.74, 6) is 1.59. The van der Waals surface area contributed by atoms with E-state index in [0.717, 1.165) is 23.6 Å². The zero-order valence-electron chi connectivity index (χ0n) is 14.5. The number of hydrogen-bond donors (Lipinski definition) is 1. The summed E-state index contributed by atoms with van der Waals surface area (Å²) in [6.07, 6.45) is 6.69. The molecule has 0 spiro atoms. The van der Waals surface area contributed by atoms with Gasteiger partial charge in [0.2, 0.25) is 0 Å². The molecule has 0 bridgehead atoms. The smallest absolute Gasteiger partial charge is 0.161 e. The van der Waals surface area contributed by atoms with E-state index >= 15 is 0 Å². The standard InChI is InChI=1S/C21H27NO2/c1-23-20-13-12-18(15-22-19-10-6-3-7-11-19)14-21(20)24-16-17-8-4-2-5-9-17/h2,4-5,8-9,12-14,19,22H,3,6-7,10-11,15-16H2,1H3. The van der Waals surface area contributed by atoms with Gasteiger partial charge >= 0.3 is 0 Å². The van der Waals surface area contributed by atoms with E-state index in [1.807, 2.05) is 24.3 Å². The number of rotatable bonds is 7. The third-order valence-corrected chi connectivity index (χ3v) is 4.67. The van der Waals surface area contributed by atoms with E-state index in [2.05, 4.69) is 29.6 Å². The Morgan fingerprint density at radius 3 is 2.46 bits per heavy atom. The van der Waals surface area contributed by atoms with Gasteiger partial charge in [0.15, 0.2) is 11.5 Å². The van der Waals surface area contributed by atoms with Crippen LogP contribution in [0.3, 0.4) is 0 Å². The molecule has 3 rings (SSSR count). The quantitative estimate of drug-likeness (QED) is 0.800. The highest BCUT2D eigenvalue weighted by Gasteiger charge is 2.13. The zero-order valence-corrected chi connectivity index (χ0v) is 14.5. The molecule has 1 aliphatic rings. The third-order valence-electron chi connectivity index (χ3n) is 4.67. The number of benzene rings is 2. The Bertz CT molecular complexity index is 621. The van der Waals surface area contributed by atoms with Crippen molar-refractivity contribution in [3.05, 3.63) is 59.7 Å². The summed E-state index contributed by atoms with van der Waals surface area (Å²) >= 11 is 0. The fourth-order valence-electron chi connectivity index (χ4n) is 3.25. The molecule has 0 unspecified atom stereocenters. The molecule has 0 atom stereocenters. The molecule has 2 aromatic rings. The Morgan fingerprint density at radius 1 is 0.917 bits per heavy atom. The summed E-state index contributed by atoms with van der Waals surface area (Å²) in [6.45, 7) is 1.44. The van der Waals surface area contributed by atoms with E-state index in [9.17, 15) is 0 Å². The van der Waals surface area contributed by atoms with Gasteiger partial charge in [-0.15, -0.1) is 0 Å². The molecule has 0 saturated heterocycles. The van der Waals surface area contributed by atoms with Crippen LogP contribution in [0, 0.1) is 0 Å². The molecule has 0 aromatic heterocycles. The van der Waals surface area contributed by atoms with Crippen LogP contribution in [0.4, 0.5) is 0 Å². The lowest BCUT2D eigenvalue weighted by molar-refractivity contribution is 0.284. The Balaban J connectivity index is 1.61.